The van der Waals surface area contributed by atoms with Gasteiger partial charge >= 0.3 is 0 Å². The minimum Gasteiger partial charge on any atom is -0.356 e. The SMILES string of the molecule is CN(C)[C@H]1CCCN1c1ccc(Nc2ncc3c(n2)N(C2CCCC2)C(=O)[C@]2(CCNC2=O)C3)cc1. The van der Waals surface area contributed by atoms with Crippen LogP contribution >= 0.6 is 0 Å². The summed E-state index contributed by atoms with van der Waals surface area (Å²) in [5.41, 5.74) is 1.98. The molecule has 0 radical (unpaired) electrons. The molecular weight excluding hydrogens is 454 g/mol. The summed E-state index contributed by atoms with van der Waals surface area (Å²) in [6.07, 6.45) is 9.58. The number of anilines is 4. The Balaban J connectivity index is 1.27. The molecule has 36 heavy (non-hydrogen) atoms. The maximum absolute atomic E-state index is 13.8. The molecule has 4 aliphatic rings. The molecule has 0 unspecified atom stereocenters. The molecular formula is C27H35N7O2. The number of nitrogens with one attached hydrogen (secondary N) is 2. The van der Waals surface area contributed by atoms with Crippen molar-refractivity contribution in [3.63, 3.8) is 0 Å². The predicted molar refractivity (Wildman–Crippen MR) is 139 cm³/mol. The Morgan fingerprint density at radius 2 is 1.86 bits per heavy atom. The number of nitrogens with zero attached hydrogens (tertiary/aromatic N) is 5. The maximum Gasteiger partial charge on any atom is 0.244 e. The lowest BCUT2D eigenvalue weighted by Gasteiger charge is -2.40. The van der Waals surface area contributed by atoms with Crippen LogP contribution in [0.3, 0.4) is 0 Å². The molecule has 2 amide bonds. The van der Waals surface area contributed by atoms with E-state index in [-0.39, 0.29) is 17.9 Å². The second kappa shape index (κ2) is 9.03. The van der Waals surface area contributed by atoms with Crippen molar-refractivity contribution in [3.8, 4) is 0 Å². The zero-order valence-electron chi connectivity index (χ0n) is 21.2. The highest BCUT2D eigenvalue weighted by molar-refractivity contribution is 6.14. The first kappa shape index (κ1) is 23.2. The Labute approximate surface area is 212 Å². The van der Waals surface area contributed by atoms with Gasteiger partial charge in [-0.25, -0.2) is 4.98 Å². The molecule has 3 fully saturated rings. The quantitative estimate of drug-likeness (QED) is 0.624. The van der Waals surface area contributed by atoms with E-state index in [1.807, 2.05) is 4.90 Å². The van der Waals surface area contributed by atoms with Gasteiger partial charge in [-0.05, 0) is 70.5 Å². The smallest absolute Gasteiger partial charge is 0.244 e. The fourth-order valence-electron chi connectivity index (χ4n) is 6.52. The molecule has 2 N–H and O–H groups in total. The molecule has 6 rings (SSSR count). The molecule has 1 saturated carbocycles. The number of fused-ring (bicyclic) bond motifs is 1. The van der Waals surface area contributed by atoms with Crippen molar-refractivity contribution in [3.05, 3.63) is 36.0 Å². The highest BCUT2D eigenvalue weighted by atomic mass is 16.2. The summed E-state index contributed by atoms with van der Waals surface area (Å²) in [6.45, 7) is 1.61. The number of benzene rings is 1. The molecule has 190 valence electrons. The van der Waals surface area contributed by atoms with Crippen LogP contribution in [0.15, 0.2) is 30.5 Å². The Morgan fingerprint density at radius 1 is 1.08 bits per heavy atom. The summed E-state index contributed by atoms with van der Waals surface area (Å²) in [7, 11) is 4.26. The van der Waals surface area contributed by atoms with E-state index in [9.17, 15) is 9.59 Å². The molecule has 1 aromatic carbocycles. The van der Waals surface area contributed by atoms with Gasteiger partial charge < -0.3 is 15.5 Å². The maximum atomic E-state index is 13.8. The summed E-state index contributed by atoms with van der Waals surface area (Å²) >= 11 is 0. The van der Waals surface area contributed by atoms with Crippen LogP contribution < -0.4 is 20.4 Å². The molecule has 2 atom stereocenters. The van der Waals surface area contributed by atoms with Crippen LogP contribution in [0.25, 0.3) is 0 Å². The molecule has 2 aromatic rings. The predicted octanol–water partition coefficient (Wildman–Crippen LogP) is 3.05. The van der Waals surface area contributed by atoms with Gasteiger partial charge in [0.2, 0.25) is 17.8 Å². The van der Waals surface area contributed by atoms with Crippen LogP contribution in [0.5, 0.6) is 0 Å². The third kappa shape index (κ3) is 3.80. The highest BCUT2D eigenvalue weighted by Crippen LogP contribution is 2.44. The lowest BCUT2D eigenvalue weighted by Crippen LogP contribution is -2.56. The van der Waals surface area contributed by atoms with Crippen LogP contribution in [0.4, 0.5) is 23.1 Å². The first-order chi connectivity index (χ1) is 17.5. The van der Waals surface area contributed by atoms with Gasteiger partial charge in [0.15, 0.2) is 0 Å². The van der Waals surface area contributed by atoms with Crippen molar-refractivity contribution in [2.24, 2.45) is 5.41 Å². The molecule has 4 heterocycles. The van der Waals surface area contributed by atoms with Crippen LogP contribution in [0.2, 0.25) is 0 Å². The second-order valence-corrected chi connectivity index (χ2v) is 10.9. The number of rotatable bonds is 5. The van der Waals surface area contributed by atoms with Gasteiger partial charge in [0.25, 0.3) is 0 Å². The highest BCUT2D eigenvalue weighted by Gasteiger charge is 2.56. The van der Waals surface area contributed by atoms with Crippen molar-refractivity contribution in [1.29, 1.82) is 0 Å². The number of hydrogen-bond donors (Lipinski definition) is 2. The Morgan fingerprint density at radius 3 is 2.56 bits per heavy atom. The van der Waals surface area contributed by atoms with Crippen LogP contribution in [0.1, 0.15) is 50.5 Å². The molecule has 3 aliphatic heterocycles. The van der Waals surface area contributed by atoms with Crippen molar-refractivity contribution < 1.29 is 9.59 Å². The zero-order valence-corrected chi connectivity index (χ0v) is 21.2. The Kier molecular flexibility index (Phi) is 5.82. The lowest BCUT2D eigenvalue weighted by atomic mass is 9.76. The van der Waals surface area contributed by atoms with Crippen LogP contribution in [-0.4, -0.2) is 66.1 Å². The summed E-state index contributed by atoms with van der Waals surface area (Å²) < 4.78 is 0. The standard InChI is InChI=1S/C27H35N7O2/c1-32(2)22-8-5-15-33(22)20-11-9-19(10-12-20)30-26-29-17-18-16-27(13-14-28-24(27)35)25(36)34(23(18)31-26)21-6-3-4-7-21/h9-12,17,21-22H,3-8,13-16H2,1-2H3,(H,28,35)(H,29,30,31)/t22-,27-/m1/s1. The fourth-order valence-corrected chi connectivity index (χ4v) is 6.52. The minimum absolute atomic E-state index is 0.0908. The molecule has 1 aliphatic carbocycles. The minimum atomic E-state index is -1.01. The van der Waals surface area contributed by atoms with Gasteiger partial charge in [0.05, 0.1) is 6.17 Å². The van der Waals surface area contributed by atoms with E-state index < -0.39 is 5.41 Å². The normalized spacial score (nSPS) is 26.2. The number of aromatic nitrogens is 2. The van der Waals surface area contributed by atoms with E-state index in [0.29, 0.717) is 37.3 Å². The van der Waals surface area contributed by atoms with Crippen molar-refractivity contribution in [2.45, 2.75) is 63.6 Å². The Hall–Kier alpha value is -3.20. The van der Waals surface area contributed by atoms with E-state index in [1.165, 1.54) is 18.5 Å². The van der Waals surface area contributed by atoms with Gasteiger partial charge in [-0.1, -0.05) is 12.8 Å². The molecule has 1 spiro atoms. The molecule has 9 nitrogen and oxygen atoms in total. The van der Waals surface area contributed by atoms with Crippen LogP contribution in [-0.2, 0) is 16.0 Å². The summed E-state index contributed by atoms with van der Waals surface area (Å²) in [4.78, 5) is 42.6. The number of carbonyl (C=O) groups excluding carboxylic acids is 2. The van der Waals surface area contributed by atoms with Crippen molar-refractivity contribution in [1.82, 2.24) is 20.2 Å². The monoisotopic (exact) mass is 489 g/mol. The van der Waals surface area contributed by atoms with Gasteiger partial charge in [-0.2, -0.15) is 4.98 Å². The number of hydrogen-bond acceptors (Lipinski definition) is 7. The largest absolute Gasteiger partial charge is 0.356 e. The fraction of sp³-hybridized carbons (Fsp3) is 0.556. The summed E-state index contributed by atoms with van der Waals surface area (Å²) in [5, 5.41) is 6.22. The molecule has 2 saturated heterocycles. The summed E-state index contributed by atoms with van der Waals surface area (Å²) in [5.74, 6) is 0.888. The first-order valence-electron chi connectivity index (χ1n) is 13.2. The molecule has 1 aromatic heterocycles. The van der Waals surface area contributed by atoms with Crippen LogP contribution in [0, 0.1) is 5.41 Å². The van der Waals surface area contributed by atoms with Gasteiger partial charge in [-0.3, -0.25) is 19.4 Å². The summed E-state index contributed by atoms with van der Waals surface area (Å²) in [6, 6.07) is 8.48. The van der Waals surface area contributed by atoms with E-state index >= 15 is 0 Å². The van der Waals surface area contributed by atoms with E-state index in [2.05, 4.69) is 63.8 Å². The molecule has 0 bridgehead atoms. The van der Waals surface area contributed by atoms with Gasteiger partial charge in [0, 0.05) is 48.7 Å². The van der Waals surface area contributed by atoms with Gasteiger partial charge in [-0.15, -0.1) is 0 Å². The third-order valence-corrected chi connectivity index (χ3v) is 8.42. The average Bonchev–Trinajstić information content (AvgIpc) is 3.63. The Bertz CT molecular complexity index is 1160. The first-order valence-corrected chi connectivity index (χ1v) is 13.2. The lowest BCUT2D eigenvalue weighted by molar-refractivity contribution is -0.140. The second-order valence-electron chi connectivity index (χ2n) is 10.9. The number of amides is 2. The molecule has 9 heteroatoms. The average molecular weight is 490 g/mol. The third-order valence-electron chi connectivity index (χ3n) is 8.42. The number of carbonyl (C=O) groups is 2. The topological polar surface area (TPSA) is 93.7 Å². The van der Waals surface area contributed by atoms with Gasteiger partial charge in [0.1, 0.15) is 11.2 Å². The van der Waals surface area contributed by atoms with E-state index in [4.69, 9.17) is 4.98 Å². The van der Waals surface area contributed by atoms with E-state index in [1.54, 1.807) is 6.20 Å². The van der Waals surface area contributed by atoms with E-state index in [0.717, 1.165) is 43.5 Å². The van der Waals surface area contributed by atoms with Crippen molar-refractivity contribution in [2.75, 3.05) is 42.3 Å². The van der Waals surface area contributed by atoms with Crippen molar-refractivity contribution >= 4 is 35.0 Å². The zero-order chi connectivity index (χ0) is 24.9.